The van der Waals surface area contributed by atoms with Gasteiger partial charge in [0.1, 0.15) is 0 Å². The van der Waals surface area contributed by atoms with Gasteiger partial charge in [0.2, 0.25) is 0 Å². The molecule has 1 rings (SSSR count). The van der Waals surface area contributed by atoms with Crippen molar-refractivity contribution in [2.45, 2.75) is 25.5 Å². The van der Waals surface area contributed by atoms with E-state index in [4.69, 9.17) is 10.8 Å². The Morgan fingerprint density at radius 1 is 1.29 bits per heavy atom. The third-order valence-electron chi connectivity index (χ3n) is 2.22. The summed E-state index contributed by atoms with van der Waals surface area (Å²) in [6.45, 7) is 1.87. The zero-order valence-electron chi connectivity index (χ0n) is 8.01. The number of aromatic hydroxyl groups is 2. The minimum atomic E-state index is -0.813. The molecule has 4 heteroatoms. The number of phenolic OH excluding ortho intramolecular Hbond substituents is 2. The summed E-state index contributed by atoms with van der Waals surface area (Å²) in [6, 6.07) is 3.82. The van der Waals surface area contributed by atoms with E-state index in [0.29, 0.717) is 12.0 Å². The molecule has 0 saturated heterocycles. The fraction of sp³-hybridized carbons (Fsp3) is 0.400. The Bertz CT molecular complexity index is 314. The molecule has 0 aliphatic heterocycles. The highest BCUT2D eigenvalue weighted by Crippen LogP contribution is 2.28. The minimum absolute atomic E-state index is 0.203. The van der Waals surface area contributed by atoms with Crippen molar-refractivity contribution in [3.63, 3.8) is 0 Å². The Kier molecular flexibility index (Phi) is 3.33. The third-order valence-corrected chi connectivity index (χ3v) is 2.22. The maximum atomic E-state index is 9.69. The first-order valence-corrected chi connectivity index (χ1v) is 4.51. The second-order valence-corrected chi connectivity index (χ2v) is 3.27. The third kappa shape index (κ3) is 2.16. The summed E-state index contributed by atoms with van der Waals surface area (Å²) in [5.41, 5.74) is 6.15. The standard InChI is InChI=1S/C10H15NO3/c1-2-7(11)10(14)6-3-4-8(12)9(13)5-6/h3-5,7,10,12-14H,2,11H2,1H3/t7-,10-/m0/s1. The molecule has 0 fully saturated rings. The summed E-state index contributed by atoms with van der Waals surface area (Å²) in [6.07, 6.45) is -0.172. The monoisotopic (exact) mass is 197 g/mol. The molecule has 5 N–H and O–H groups in total. The summed E-state index contributed by atoms with van der Waals surface area (Å²) < 4.78 is 0. The molecule has 0 aliphatic carbocycles. The van der Waals surface area contributed by atoms with Crippen molar-refractivity contribution in [2.24, 2.45) is 5.73 Å². The molecule has 0 unspecified atom stereocenters. The van der Waals surface area contributed by atoms with Gasteiger partial charge in [-0.2, -0.15) is 0 Å². The van der Waals surface area contributed by atoms with Gasteiger partial charge in [-0.25, -0.2) is 0 Å². The molecule has 2 atom stereocenters. The quantitative estimate of drug-likeness (QED) is 0.541. The number of aliphatic hydroxyl groups is 1. The molecular formula is C10H15NO3. The van der Waals surface area contributed by atoms with E-state index in [-0.39, 0.29) is 17.5 Å². The maximum Gasteiger partial charge on any atom is 0.157 e. The lowest BCUT2D eigenvalue weighted by Gasteiger charge is -2.17. The van der Waals surface area contributed by atoms with Crippen LogP contribution in [0.15, 0.2) is 18.2 Å². The predicted molar refractivity (Wildman–Crippen MR) is 53.0 cm³/mol. The number of hydrogen-bond donors (Lipinski definition) is 4. The molecule has 0 aromatic heterocycles. The number of phenols is 2. The highest BCUT2D eigenvalue weighted by molar-refractivity contribution is 5.41. The molecule has 0 aliphatic rings. The van der Waals surface area contributed by atoms with Gasteiger partial charge in [-0.1, -0.05) is 13.0 Å². The average molecular weight is 197 g/mol. The van der Waals surface area contributed by atoms with E-state index in [9.17, 15) is 10.2 Å². The van der Waals surface area contributed by atoms with Crippen LogP contribution in [-0.2, 0) is 0 Å². The van der Waals surface area contributed by atoms with Crippen molar-refractivity contribution in [1.82, 2.24) is 0 Å². The fourth-order valence-corrected chi connectivity index (χ4v) is 1.19. The molecule has 0 heterocycles. The van der Waals surface area contributed by atoms with E-state index in [1.165, 1.54) is 18.2 Å². The van der Waals surface area contributed by atoms with Gasteiger partial charge >= 0.3 is 0 Å². The summed E-state index contributed by atoms with van der Waals surface area (Å²) in [5, 5.41) is 27.9. The van der Waals surface area contributed by atoms with Crippen LogP contribution >= 0.6 is 0 Å². The van der Waals surface area contributed by atoms with E-state index in [0.717, 1.165) is 0 Å². The first-order chi connectivity index (χ1) is 6.56. The summed E-state index contributed by atoms with van der Waals surface area (Å²) in [5.74, 6) is -0.448. The lowest BCUT2D eigenvalue weighted by Crippen LogP contribution is -2.27. The molecule has 1 aromatic rings. The fourth-order valence-electron chi connectivity index (χ4n) is 1.19. The van der Waals surface area contributed by atoms with Gasteiger partial charge in [0.25, 0.3) is 0 Å². The van der Waals surface area contributed by atoms with Gasteiger partial charge in [0, 0.05) is 6.04 Å². The first kappa shape index (κ1) is 10.8. The SMILES string of the molecule is CC[C@H](N)[C@@H](O)c1ccc(O)c(O)c1. The van der Waals surface area contributed by atoms with Crippen molar-refractivity contribution in [3.8, 4) is 11.5 Å². The van der Waals surface area contributed by atoms with Gasteiger partial charge in [-0.15, -0.1) is 0 Å². The number of aliphatic hydroxyl groups excluding tert-OH is 1. The molecule has 0 radical (unpaired) electrons. The Labute approximate surface area is 82.6 Å². The zero-order chi connectivity index (χ0) is 10.7. The minimum Gasteiger partial charge on any atom is -0.504 e. The van der Waals surface area contributed by atoms with Crippen LogP contribution in [0.3, 0.4) is 0 Å². The Hall–Kier alpha value is -1.26. The Morgan fingerprint density at radius 3 is 2.43 bits per heavy atom. The second kappa shape index (κ2) is 4.30. The van der Waals surface area contributed by atoms with E-state index in [2.05, 4.69) is 0 Å². The van der Waals surface area contributed by atoms with Crippen LogP contribution in [0.5, 0.6) is 11.5 Å². The topological polar surface area (TPSA) is 86.7 Å². The summed E-state index contributed by atoms with van der Waals surface area (Å²) in [7, 11) is 0. The van der Waals surface area contributed by atoms with Crippen molar-refractivity contribution < 1.29 is 15.3 Å². The smallest absolute Gasteiger partial charge is 0.157 e. The van der Waals surface area contributed by atoms with Crippen molar-refractivity contribution in [3.05, 3.63) is 23.8 Å². The van der Waals surface area contributed by atoms with Crippen LogP contribution < -0.4 is 5.73 Å². The van der Waals surface area contributed by atoms with Crippen LogP contribution in [-0.4, -0.2) is 21.4 Å². The summed E-state index contributed by atoms with van der Waals surface area (Å²) >= 11 is 0. The number of nitrogens with two attached hydrogens (primary N) is 1. The molecule has 0 bridgehead atoms. The van der Waals surface area contributed by atoms with Gasteiger partial charge in [0.15, 0.2) is 11.5 Å². The zero-order valence-corrected chi connectivity index (χ0v) is 8.01. The van der Waals surface area contributed by atoms with Crippen LogP contribution in [0.25, 0.3) is 0 Å². The first-order valence-electron chi connectivity index (χ1n) is 4.51. The Balaban J connectivity index is 2.91. The predicted octanol–water partition coefficient (Wildman–Crippen LogP) is 0.868. The van der Waals surface area contributed by atoms with Gasteiger partial charge < -0.3 is 21.1 Å². The summed E-state index contributed by atoms with van der Waals surface area (Å²) in [4.78, 5) is 0. The van der Waals surface area contributed by atoms with Gasteiger partial charge in [0.05, 0.1) is 6.10 Å². The van der Waals surface area contributed by atoms with E-state index < -0.39 is 6.10 Å². The van der Waals surface area contributed by atoms with E-state index >= 15 is 0 Å². The molecule has 78 valence electrons. The number of benzene rings is 1. The lowest BCUT2D eigenvalue weighted by atomic mass is 10.0. The van der Waals surface area contributed by atoms with E-state index in [1.54, 1.807) is 0 Å². The molecule has 4 nitrogen and oxygen atoms in total. The van der Waals surface area contributed by atoms with Crippen LogP contribution in [0.2, 0.25) is 0 Å². The normalized spacial score (nSPS) is 15.1. The number of rotatable bonds is 3. The van der Waals surface area contributed by atoms with Crippen molar-refractivity contribution in [2.75, 3.05) is 0 Å². The molecule has 14 heavy (non-hydrogen) atoms. The van der Waals surface area contributed by atoms with Crippen molar-refractivity contribution >= 4 is 0 Å². The van der Waals surface area contributed by atoms with Crippen LogP contribution in [0.4, 0.5) is 0 Å². The van der Waals surface area contributed by atoms with Gasteiger partial charge in [-0.05, 0) is 24.1 Å². The highest BCUT2D eigenvalue weighted by atomic mass is 16.3. The van der Waals surface area contributed by atoms with Crippen molar-refractivity contribution in [1.29, 1.82) is 0 Å². The van der Waals surface area contributed by atoms with Gasteiger partial charge in [-0.3, -0.25) is 0 Å². The number of hydrogen-bond acceptors (Lipinski definition) is 4. The van der Waals surface area contributed by atoms with E-state index in [1.807, 2.05) is 6.92 Å². The lowest BCUT2D eigenvalue weighted by molar-refractivity contribution is 0.144. The molecule has 0 spiro atoms. The molecule has 0 amide bonds. The molecule has 0 saturated carbocycles. The largest absolute Gasteiger partial charge is 0.504 e. The van der Waals surface area contributed by atoms with Crippen LogP contribution in [0, 0.1) is 0 Å². The Morgan fingerprint density at radius 2 is 1.93 bits per heavy atom. The molecular weight excluding hydrogens is 182 g/mol. The second-order valence-electron chi connectivity index (χ2n) is 3.27. The average Bonchev–Trinajstić information content (AvgIpc) is 2.20. The molecule has 1 aromatic carbocycles. The van der Waals surface area contributed by atoms with Crippen LogP contribution in [0.1, 0.15) is 25.0 Å². The maximum absolute atomic E-state index is 9.69. The highest BCUT2D eigenvalue weighted by Gasteiger charge is 2.16.